The summed E-state index contributed by atoms with van der Waals surface area (Å²) in [4.78, 5) is 0.0418. The maximum Gasteiger partial charge on any atom is 0.241 e. The molecular formula is C13H19FN2O2S. The Morgan fingerprint density at radius 1 is 1.37 bits per heavy atom. The summed E-state index contributed by atoms with van der Waals surface area (Å²) in [6.07, 6.45) is 2.06. The van der Waals surface area contributed by atoms with Crippen LogP contribution >= 0.6 is 0 Å². The van der Waals surface area contributed by atoms with E-state index in [0.29, 0.717) is 11.5 Å². The van der Waals surface area contributed by atoms with Gasteiger partial charge in [-0.05, 0) is 57.2 Å². The molecule has 1 aliphatic rings. The minimum absolute atomic E-state index is 0.0418. The van der Waals surface area contributed by atoms with Gasteiger partial charge in [-0.3, -0.25) is 0 Å². The smallest absolute Gasteiger partial charge is 0.241 e. The fraction of sp³-hybridized carbons (Fsp3) is 0.538. The van der Waals surface area contributed by atoms with Crippen LogP contribution in [0.4, 0.5) is 10.1 Å². The summed E-state index contributed by atoms with van der Waals surface area (Å²) in [5.41, 5.74) is 5.16. The van der Waals surface area contributed by atoms with Crippen LogP contribution < -0.4 is 10.5 Å². The van der Waals surface area contributed by atoms with Gasteiger partial charge < -0.3 is 5.73 Å². The second-order valence-electron chi connectivity index (χ2n) is 5.74. The van der Waals surface area contributed by atoms with Crippen molar-refractivity contribution >= 4 is 15.7 Å². The zero-order valence-corrected chi connectivity index (χ0v) is 12.1. The molecule has 0 atom stereocenters. The third-order valence-corrected chi connectivity index (χ3v) is 5.39. The lowest BCUT2D eigenvalue weighted by Gasteiger charge is -2.26. The van der Waals surface area contributed by atoms with Gasteiger partial charge in [0, 0.05) is 5.54 Å². The van der Waals surface area contributed by atoms with Gasteiger partial charge in [0.05, 0.1) is 10.6 Å². The Kier molecular flexibility index (Phi) is 3.35. The molecule has 0 amide bonds. The molecule has 0 unspecified atom stereocenters. The number of benzene rings is 1. The van der Waals surface area contributed by atoms with Gasteiger partial charge in [-0.25, -0.2) is 17.5 Å². The largest absolute Gasteiger partial charge is 0.396 e. The summed E-state index contributed by atoms with van der Waals surface area (Å²) >= 11 is 0. The van der Waals surface area contributed by atoms with Gasteiger partial charge in [-0.1, -0.05) is 0 Å². The summed E-state index contributed by atoms with van der Waals surface area (Å²) in [5.74, 6) is -0.238. The van der Waals surface area contributed by atoms with E-state index in [1.165, 1.54) is 6.07 Å². The molecule has 6 heteroatoms. The second kappa shape index (κ2) is 4.45. The maximum absolute atomic E-state index is 13.3. The van der Waals surface area contributed by atoms with Crippen LogP contribution in [0.2, 0.25) is 0 Å². The third kappa shape index (κ3) is 2.90. The number of aryl methyl sites for hydroxylation is 1. The van der Waals surface area contributed by atoms with Crippen molar-refractivity contribution in [3.8, 4) is 0 Å². The van der Waals surface area contributed by atoms with E-state index in [1.54, 1.807) is 6.92 Å². The highest BCUT2D eigenvalue weighted by atomic mass is 32.2. The first-order chi connectivity index (χ1) is 8.63. The highest BCUT2D eigenvalue weighted by Crippen LogP contribution is 2.40. The zero-order valence-electron chi connectivity index (χ0n) is 11.3. The quantitative estimate of drug-likeness (QED) is 0.833. The molecule has 1 fully saturated rings. The molecule has 4 nitrogen and oxygen atoms in total. The van der Waals surface area contributed by atoms with Crippen molar-refractivity contribution in [1.29, 1.82) is 0 Å². The highest BCUT2D eigenvalue weighted by Gasteiger charge is 2.40. The van der Waals surface area contributed by atoms with Crippen LogP contribution in [0.5, 0.6) is 0 Å². The molecule has 0 radical (unpaired) electrons. The number of anilines is 1. The lowest BCUT2D eigenvalue weighted by Crippen LogP contribution is -2.45. The summed E-state index contributed by atoms with van der Waals surface area (Å²) in [5, 5.41) is 0. The van der Waals surface area contributed by atoms with Crippen LogP contribution in [0.15, 0.2) is 17.0 Å². The molecule has 0 aliphatic heterocycles. The van der Waals surface area contributed by atoms with E-state index in [0.717, 1.165) is 18.9 Å². The first-order valence-electron chi connectivity index (χ1n) is 6.23. The summed E-state index contributed by atoms with van der Waals surface area (Å²) in [7, 11) is -3.69. The molecule has 1 aromatic rings. The molecule has 0 bridgehead atoms. The molecule has 1 saturated carbocycles. The molecule has 1 aliphatic carbocycles. The van der Waals surface area contributed by atoms with E-state index in [9.17, 15) is 12.8 Å². The van der Waals surface area contributed by atoms with Crippen molar-refractivity contribution in [3.63, 3.8) is 0 Å². The van der Waals surface area contributed by atoms with E-state index in [-0.39, 0.29) is 10.6 Å². The van der Waals surface area contributed by atoms with Crippen LogP contribution in [-0.2, 0) is 10.0 Å². The van der Waals surface area contributed by atoms with E-state index in [1.807, 2.05) is 13.8 Å². The number of nitrogens with two attached hydrogens (primary N) is 1. The predicted octanol–water partition coefficient (Wildman–Crippen LogP) is 2.18. The molecule has 0 aromatic heterocycles. The molecule has 3 N–H and O–H groups in total. The summed E-state index contributed by atoms with van der Waals surface area (Å²) in [6.45, 7) is 5.29. The van der Waals surface area contributed by atoms with Crippen molar-refractivity contribution in [1.82, 2.24) is 4.72 Å². The molecule has 19 heavy (non-hydrogen) atoms. The fourth-order valence-corrected chi connectivity index (χ4v) is 3.98. The molecule has 106 valence electrons. The van der Waals surface area contributed by atoms with Gasteiger partial charge in [-0.2, -0.15) is 0 Å². The van der Waals surface area contributed by atoms with E-state index in [4.69, 9.17) is 5.73 Å². The second-order valence-corrected chi connectivity index (χ2v) is 7.39. The number of halogens is 1. The molecule has 0 spiro atoms. The van der Waals surface area contributed by atoms with E-state index < -0.39 is 21.4 Å². The van der Waals surface area contributed by atoms with Crippen molar-refractivity contribution in [3.05, 3.63) is 23.5 Å². The first-order valence-corrected chi connectivity index (χ1v) is 7.71. The monoisotopic (exact) mass is 286 g/mol. The topological polar surface area (TPSA) is 72.2 Å². The number of nitrogens with one attached hydrogen (secondary N) is 1. The van der Waals surface area contributed by atoms with E-state index >= 15 is 0 Å². The Hall–Kier alpha value is -1.14. The van der Waals surface area contributed by atoms with Crippen molar-refractivity contribution in [2.45, 2.75) is 44.0 Å². The van der Waals surface area contributed by atoms with Gasteiger partial charge in [0.2, 0.25) is 10.0 Å². The fourth-order valence-electron chi connectivity index (χ4n) is 2.25. The number of nitrogen functional groups attached to an aromatic ring is 1. The standard InChI is InChI=1S/C13H19FN2O2S/c1-8-6-10(14)11(15)7-12(8)19(17,18)16-13(2,3)9-4-5-9/h6-7,9,16H,4-5,15H2,1-3H3. The summed E-state index contributed by atoms with van der Waals surface area (Å²) < 4.78 is 40.7. The summed E-state index contributed by atoms with van der Waals surface area (Å²) in [6, 6.07) is 2.32. The normalized spacial score (nSPS) is 16.6. The lowest BCUT2D eigenvalue weighted by atomic mass is 10.0. The van der Waals surface area contributed by atoms with Crippen LogP contribution in [0, 0.1) is 18.7 Å². The third-order valence-electron chi connectivity index (χ3n) is 3.58. The Balaban J connectivity index is 2.37. The van der Waals surface area contributed by atoms with Crippen LogP contribution in [-0.4, -0.2) is 14.0 Å². The van der Waals surface area contributed by atoms with Crippen LogP contribution in [0.25, 0.3) is 0 Å². The SMILES string of the molecule is Cc1cc(F)c(N)cc1S(=O)(=O)NC(C)(C)C1CC1. The maximum atomic E-state index is 13.3. The highest BCUT2D eigenvalue weighted by molar-refractivity contribution is 7.89. The molecule has 0 saturated heterocycles. The van der Waals surface area contributed by atoms with Crippen molar-refractivity contribution < 1.29 is 12.8 Å². The minimum Gasteiger partial charge on any atom is -0.396 e. The zero-order chi connectivity index (χ0) is 14.4. The average Bonchev–Trinajstić information content (AvgIpc) is 3.05. The Morgan fingerprint density at radius 2 is 1.95 bits per heavy atom. The average molecular weight is 286 g/mol. The number of rotatable bonds is 4. The van der Waals surface area contributed by atoms with Gasteiger partial charge in [0.25, 0.3) is 0 Å². The van der Waals surface area contributed by atoms with E-state index in [2.05, 4.69) is 4.72 Å². The van der Waals surface area contributed by atoms with Gasteiger partial charge in [-0.15, -0.1) is 0 Å². The van der Waals surface area contributed by atoms with Crippen LogP contribution in [0.1, 0.15) is 32.3 Å². The lowest BCUT2D eigenvalue weighted by molar-refractivity contribution is 0.400. The molecular weight excluding hydrogens is 267 g/mol. The number of hydrogen-bond donors (Lipinski definition) is 2. The molecule has 0 heterocycles. The van der Waals surface area contributed by atoms with Gasteiger partial charge in [0.15, 0.2) is 0 Å². The Morgan fingerprint density at radius 3 is 2.47 bits per heavy atom. The number of hydrogen-bond acceptors (Lipinski definition) is 3. The Labute approximate surface area is 113 Å². The molecule has 1 aromatic carbocycles. The Bertz CT molecular complexity index is 607. The first kappa shape index (κ1) is 14.3. The predicted molar refractivity (Wildman–Crippen MR) is 72.7 cm³/mol. The van der Waals surface area contributed by atoms with Crippen LogP contribution in [0.3, 0.4) is 0 Å². The van der Waals surface area contributed by atoms with Gasteiger partial charge >= 0.3 is 0 Å². The van der Waals surface area contributed by atoms with Crippen molar-refractivity contribution in [2.24, 2.45) is 5.92 Å². The minimum atomic E-state index is -3.69. The molecule has 2 rings (SSSR count). The number of sulfonamides is 1. The van der Waals surface area contributed by atoms with Crippen molar-refractivity contribution in [2.75, 3.05) is 5.73 Å². The van der Waals surface area contributed by atoms with Gasteiger partial charge in [0.1, 0.15) is 5.82 Å².